The van der Waals surface area contributed by atoms with Crippen LogP contribution in [0.3, 0.4) is 0 Å². The Morgan fingerprint density at radius 1 is 0.952 bits per heavy atom. The lowest BCUT2D eigenvalue weighted by molar-refractivity contribution is 0.0690. The maximum absolute atomic E-state index is 11.2. The SMILES string of the molecule is Cc1ccc(C(=O)O)nc1-c1c(C)ccc2ccccc12. The summed E-state index contributed by atoms with van der Waals surface area (Å²) in [7, 11) is 0. The van der Waals surface area contributed by atoms with Gasteiger partial charge in [-0.15, -0.1) is 0 Å². The van der Waals surface area contributed by atoms with E-state index in [1.54, 1.807) is 6.07 Å². The second kappa shape index (κ2) is 5.02. The summed E-state index contributed by atoms with van der Waals surface area (Å²) in [5.74, 6) is -1.01. The van der Waals surface area contributed by atoms with Gasteiger partial charge in [0.1, 0.15) is 5.69 Å². The molecule has 0 radical (unpaired) electrons. The van der Waals surface area contributed by atoms with Gasteiger partial charge in [0.2, 0.25) is 0 Å². The van der Waals surface area contributed by atoms with Crippen molar-refractivity contribution in [1.29, 1.82) is 0 Å². The Morgan fingerprint density at radius 3 is 2.43 bits per heavy atom. The van der Waals surface area contributed by atoms with Gasteiger partial charge in [-0.2, -0.15) is 0 Å². The molecule has 1 heterocycles. The number of aryl methyl sites for hydroxylation is 2. The van der Waals surface area contributed by atoms with E-state index in [1.807, 2.05) is 44.2 Å². The molecule has 2 aromatic carbocycles. The van der Waals surface area contributed by atoms with Crippen LogP contribution in [0.15, 0.2) is 48.5 Å². The van der Waals surface area contributed by atoms with Crippen LogP contribution in [0.5, 0.6) is 0 Å². The number of aromatic nitrogens is 1. The maximum Gasteiger partial charge on any atom is 0.354 e. The quantitative estimate of drug-likeness (QED) is 0.763. The molecular weight excluding hydrogens is 262 g/mol. The zero-order chi connectivity index (χ0) is 15.0. The average molecular weight is 277 g/mol. The Labute approximate surface area is 122 Å². The number of hydrogen-bond donors (Lipinski definition) is 1. The fraction of sp³-hybridized carbons (Fsp3) is 0.111. The van der Waals surface area contributed by atoms with E-state index in [0.717, 1.165) is 33.2 Å². The third-order valence-electron chi connectivity index (χ3n) is 3.69. The number of fused-ring (bicyclic) bond motifs is 1. The van der Waals surface area contributed by atoms with Gasteiger partial charge < -0.3 is 5.11 Å². The van der Waals surface area contributed by atoms with E-state index in [-0.39, 0.29) is 5.69 Å². The van der Waals surface area contributed by atoms with Crippen LogP contribution in [0.4, 0.5) is 0 Å². The minimum atomic E-state index is -1.01. The van der Waals surface area contributed by atoms with Gasteiger partial charge in [-0.1, -0.05) is 42.5 Å². The third kappa shape index (κ3) is 2.27. The highest BCUT2D eigenvalue weighted by atomic mass is 16.4. The fourth-order valence-electron chi connectivity index (χ4n) is 2.60. The first-order valence-electron chi connectivity index (χ1n) is 6.77. The van der Waals surface area contributed by atoms with Crippen molar-refractivity contribution in [3.63, 3.8) is 0 Å². The van der Waals surface area contributed by atoms with E-state index in [4.69, 9.17) is 5.11 Å². The lowest BCUT2D eigenvalue weighted by atomic mass is 9.95. The van der Waals surface area contributed by atoms with Gasteiger partial charge in [-0.25, -0.2) is 9.78 Å². The number of nitrogens with zero attached hydrogens (tertiary/aromatic N) is 1. The van der Waals surface area contributed by atoms with Crippen molar-refractivity contribution in [2.75, 3.05) is 0 Å². The molecular formula is C18H15NO2. The van der Waals surface area contributed by atoms with E-state index in [9.17, 15) is 4.79 Å². The smallest absolute Gasteiger partial charge is 0.354 e. The summed E-state index contributed by atoms with van der Waals surface area (Å²) in [5.41, 5.74) is 3.88. The number of pyridine rings is 1. The minimum Gasteiger partial charge on any atom is -0.477 e. The summed E-state index contributed by atoms with van der Waals surface area (Å²) in [5, 5.41) is 11.4. The number of rotatable bonds is 2. The molecule has 104 valence electrons. The van der Waals surface area contributed by atoms with Crippen LogP contribution in [-0.2, 0) is 0 Å². The molecule has 1 N–H and O–H groups in total. The second-order valence-electron chi connectivity index (χ2n) is 5.15. The number of benzene rings is 2. The van der Waals surface area contributed by atoms with Crippen molar-refractivity contribution >= 4 is 16.7 Å². The first-order valence-corrected chi connectivity index (χ1v) is 6.77. The monoisotopic (exact) mass is 277 g/mol. The van der Waals surface area contributed by atoms with Crippen LogP contribution < -0.4 is 0 Å². The fourth-order valence-corrected chi connectivity index (χ4v) is 2.60. The lowest BCUT2D eigenvalue weighted by Gasteiger charge is -2.13. The van der Waals surface area contributed by atoms with Crippen molar-refractivity contribution < 1.29 is 9.90 Å². The molecule has 1 aromatic heterocycles. The van der Waals surface area contributed by atoms with E-state index in [2.05, 4.69) is 17.1 Å². The summed E-state index contributed by atoms with van der Waals surface area (Å²) in [6.07, 6.45) is 0. The van der Waals surface area contributed by atoms with Crippen LogP contribution in [0.1, 0.15) is 21.6 Å². The molecule has 3 rings (SSSR count). The minimum absolute atomic E-state index is 0.0722. The number of carboxylic acid groups (broad SMARTS) is 1. The van der Waals surface area contributed by atoms with E-state index in [0.29, 0.717) is 0 Å². The average Bonchev–Trinajstić information content (AvgIpc) is 2.48. The molecule has 0 spiro atoms. The Bertz CT molecular complexity index is 853. The number of hydrogen-bond acceptors (Lipinski definition) is 2. The highest BCUT2D eigenvalue weighted by molar-refractivity contribution is 5.98. The van der Waals surface area contributed by atoms with Crippen molar-refractivity contribution in [1.82, 2.24) is 4.98 Å². The van der Waals surface area contributed by atoms with Crippen molar-refractivity contribution in [2.24, 2.45) is 0 Å². The Balaban J connectivity index is 2.37. The molecule has 0 fully saturated rings. The molecule has 0 bridgehead atoms. The van der Waals surface area contributed by atoms with E-state index >= 15 is 0 Å². The van der Waals surface area contributed by atoms with Gasteiger partial charge in [0, 0.05) is 5.56 Å². The second-order valence-corrected chi connectivity index (χ2v) is 5.15. The number of aromatic carboxylic acids is 1. The summed E-state index contributed by atoms with van der Waals surface area (Å²) in [6.45, 7) is 3.98. The van der Waals surface area contributed by atoms with Gasteiger partial charge in [-0.3, -0.25) is 0 Å². The standard InChI is InChI=1S/C18H15NO2/c1-11-7-9-13-5-3-4-6-14(13)16(11)17-12(2)8-10-15(19-17)18(20)21/h3-10H,1-2H3,(H,20,21). The van der Waals surface area contributed by atoms with Crippen LogP contribution >= 0.6 is 0 Å². The molecule has 0 saturated heterocycles. The predicted octanol–water partition coefficient (Wildman–Crippen LogP) is 4.22. The Kier molecular flexibility index (Phi) is 3.18. The molecule has 0 amide bonds. The zero-order valence-corrected chi connectivity index (χ0v) is 11.9. The molecule has 0 aliphatic heterocycles. The summed E-state index contributed by atoms with van der Waals surface area (Å²) in [4.78, 5) is 15.5. The molecule has 3 aromatic rings. The summed E-state index contributed by atoms with van der Waals surface area (Å²) < 4.78 is 0. The predicted molar refractivity (Wildman–Crippen MR) is 83.6 cm³/mol. The van der Waals surface area contributed by atoms with Crippen molar-refractivity contribution in [3.8, 4) is 11.3 Å². The van der Waals surface area contributed by atoms with Gasteiger partial charge >= 0.3 is 5.97 Å². The molecule has 0 aliphatic rings. The molecule has 21 heavy (non-hydrogen) atoms. The van der Waals surface area contributed by atoms with Gasteiger partial charge in [0.25, 0.3) is 0 Å². The summed E-state index contributed by atoms with van der Waals surface area (Å²) >= 11 is 0. The van der Waals surface area contributed by atoms with E-state index in [1.165, 1.54) is 0 Å². The van der Waals surface area contributed by atoms with E-state index < -0.39 is 5.97 Å². The third-order valence-corrected chi connectivity index (χ3v) is 3.69. The van der Waals surface area contributed by atoms with Crippen LogP contribution in [0.25, 0.3) is 22.0 Å². The van der Waals surface area contributed by atoms with Gasteiger partial charge in [-0.05, 0) is 41.8 Å². The van der Waals surface area contributed by atoms with Gasteiger partial charge in [0.15, 0.2) is 0 Å². The molecule has 0 atom stereocenters. The number of carbonyl (C=O) groups is 1. The normalized spacial score (nSPS) is 10.8. The zero-order valence-electron chi connectivity index (χ0n) is 11.9. The van der Waals surface area contributed by atoms with Crippen LogP contribution in [0, 0.1) is 13.8 Å². The summed E-state index contributed by atoms with van der Waals surface area (Å²) in [6, 6.07) is 15.6. The largest absolute Gasteiger partial charge is 0.477 e. The topological polar surface area (TPSA) is 50.2 Å². The molecule has 3 heteroatoms. The molecule has 0 saturated carbocycles. The molecule has 0 unspecified atom stereocenters. The Morgan fingerprint density at radius 2 is 1.67 bits per heavy atom. The molecule has 3 nitrogen and oxygen atoms in total. The first kappa shape index (κ1) is 13.3. The molecule has 0 aliphatic carbocycles. The Hall–Kier alpha value is -2.68. The van der Waals surface area contributed by atoms with Crippen LogP contribution in [0.2, 0.25) is 0 Å². The van der Waals surface area contributed by atoms with Crippen LogP contribution in [-0.4, -0.2) is 16.1 Å². The maximum atomic E-state index is 11.2. The highest BCUT2D eigenvalue weighted by Crippen LogP contribution is 2.32. The van der Waals surface area contributed by atoms with Gasteiger partial charge in [0.05, 0.1) is 5.69 Å². The van der Waals surface area contributed by atoms with Crippen molar-refractivity contribution in [3.05, 3.63) is 65.4 Å². The first-order chi connectivity index (χ1) is 10.1. The number of carboxylic acids is 1. The highest BCUT2D eigenvalue weighted by Gasteiger charge is 2.14. The lowest BCUT2D eigenvalue weighted by Crippen LogP contribution is -2.03. The van der Waals surface area contributed by atoms with Crippen molar-refractivity contribution in [2.45, 2.75) is 13.8 Å².